The van der Waals surface area contributed by atoms with Crippen LogP contribution in [0.2, 0.25) is 0 Å². The Kier molecular flexibility index (Phi) is 3.49. The number of rotatable bonds is 4. The Labute approximate surface area is 128 Å². The highest BCUT2D eigenvalue weighted by molar-refractivity contribution is 5.37. The van der Waals surface area contributed by atoms with Gasteiger partial charge in [-0.15, -0.1) is 0 Å². The third kappa shape index (κ3) is 2.68. The summed E-state index contributed by atoms with van der Waals surface area (Å²) in [7, 11) is 0. The maximum absolute atomic E-state index is 9.04. The van der Waals surface area contributed by atoms with Crippen molar-refractivity contribution in [2.24, 2.45) is 0 Å². The van der Waals surface area contributed by atoms with E-state index in [9.17, 15) is 0 Å². The summed E-state index contributed by atoms with van der Waals surface area (Å²) in [5.41, 5.74) is 0.588. The molecule has 0 bridgehead atoms. The molecule has 1 aliphatic heterocycles. The van der Waals surface area contributed by atoms with E-state index in [0.717, 1.165) is 43.5 Å². The SMILES string of the molecule is OCc1cnc(N2CCCC(c3noc(C4CC4)n3)C2)cn1. The monoisotopic (exact) mass is 301 g/mol. The fraction of sp³-hybridized carbons (Fsp3) is 0.600. The molecule has 0 spiro atoms. The first-order valence-electron chi connectivity index (χ1n) is 7.83. The van der Waals surface area contributed by atoms with E-state index in [1.807, 2.05) is 0 Å². The Bertz CT molecular complexity index is 638. The standard InChI is InChI=1S/C15H19N5O2/c21-9-12-6-17-13(7-16-12)20-5-1-2-11(8-20)14-18-15(22-19-14)10-3-4-10/h6-7,10-11,21H,1-5,8-9H2. The molecule has 2 fully saturated rings. The van der Waals surface area contributed by atoms with Gasteiger partial charge in [-0.1, -0.05) is 5.16 Å². The summed E-state index contributed by atoms with van der Waals surface area (Å²) in [5.74, 6) is 3.25. The maximum Gasteiger partial charge on any atom is 0.229 e. The van der Waals surface area contributed by atoms with Crippen molar-refractivity contribution in [3.05, 3.63) is 29.8 Å². The highest BCUT2D eigenvalue weighted by atomic mass is 16.5. The van der Waals surface area contributed by atoms with Crippen LogP contribution in [0.25, 0.3) is 0 Å². The lowest BCUT2D eigenvalue weighted by Crippen LogP contribution is -2.35. The van der Waals surface area contributed by atoms with Crippen LogP contribution in [0.4, 0.5) is 5.82 Å². The van der Waals surface area contributed by atoms with Crippen LogP contribution >= 0.6 is 0 Å². The van der Waals surface area contributed by atoms with Crippen LogP contribution in [-0.2, 0) is 6.61 Å². The van der Waals surface area contributed by atoms with E-state index in [4.69, 9.17) is 9.63 Å². The highest BCUT2D eigenvalue weighted by Gasteiger charge is 2.32. The summed E-state index contributed by atoms with van der Waals surface area (Å²) in [4.78, 5) is 15.4. The van der Waals surface area contributed by atoms with Crippen molar-refractivity contribution in [3.63, 3.8) is 0 Å². The first-order valence-corrected chi connectivity index (χ1v) is 7.83. The Morgan fingerprint density at radius 1 is 1.18 bits per heavy atom. The molecule has 1 saturated carbocycles. The molecule has 0 radical (unpaired) electrons. The lowest BCUT2D eigenvalue weighted by Gasteiger charge is -2.31. The van der Waals surface area contributed by atoms with Gasteiger partial charge >= 0.3 is 0 Å². The first-order chi connectivity index (χ1) is 10.8. The molecule has 7 heteroatoms. The summed E-state index contributed by atoms with van der Waals surface area (Å²) in [6, 6.07) is 0. The van der Waals surface area contributed by atoms with Crippen molar-refractivity contribution in [1.29, 1.82) is 0 Å². The second-order valence-electron chi connectivity index (χ2n) is 6.07. The third-order valence-corrected chi connectivity index (χ3v) is 4.35. The van der Waals surface area contributed by atoms with Gasteiger partial charge in [0.05, 0.1) is 24.7 Å². The van der Waals surface area contributed by atoms with Gasteiger partial charge in [-0.3, -0.25) is 4.98 Å². The smallest absolute Gasteiger partial charge is 0.229 e. The number of aliphatic hydroxyl groups excluding tert-OH is 1. The van der Waals surface area contributed by atoms with Gasteiger partial charge in [0.2, 0.25) is 5.89 Å². The molecule has 1 atom stereocenters. The zero-order valence-electron chi connectivity index (χ0n) is 12.4. The molecule has 0 amide bonds. The quantitative estimate of drug-likeness (QED) is 0.917. The summed E-state index contributed by atoms with van der Waals surface area (Å²) in [6.45, 7) is 1.70. The van der Waals surface area contributed by atoms with Gasteiger partial charge in [-0.05, 0) is 25.7 Å². The number of nitrogens with zero attached hydrogens (tertiary/aromatic N) is 5. The summed E-state index contributed by atoms with van der Waals surface area (Å²) in [5, 5.41) is 13.2. The topological polar surface area (TPSA) is 88.2 Å². The van der Waals surface area contributed by atoms with Gasteiger partial charge < -0.3 is 14.5 Å². The second kappa shape index (κ2) is 5.64. The van der Waals surface area contributed by atoms with Crippen LogP contribution in [-0.4, -0.2) is 38.3 Å². The third-order valence-electron chi connectivity index (χ3n) is 4.35. The summed E-state index contributed by atoms with van der Waals surface area (Å²) >= 11 is 0. The van der Waals surface area contributed by atoms with Crippen molar-refractivity contribution in [3.8, 4) is 0 Å². The van der Waals surface area contributed by atoms with Gasteiger partial charge in [-0.25, -0.2) is 4.98 Å². The van der Waals surface area contributed by atoms with Crippen LogP contribution in [0.3, 0.4) is 0 Å². The minimum atomic E-state index is -0.0806. The fourth-order valence-electron chi connectivity index (χ4n) is 2.90. The number of hydrogen-bond acceptors (Lipinski definition) is 7. The van der Waals surface area contributed by atoms with Crippen molar-refractivity contribution < 1.29 is 9.63 Å². The lowest BCUT2D eigenvalue weighted by atomic mass is 9.97. The Balaban J connectivity index is 1.48. The maximum atomic E-state index is 9.04. The number of hydrogen-bond donors (Lipinski definition) is 1. The zero-order valence-corrected chi connectivity index (χ0v) is 12.4. The largest absolute Gasteiger partial charge is 0.390 e. The normalized spacial score (nSPS) is 22.0. The summed E-state index contributed by atoms with van der Waals surface area (Å²) in [6.07, 6.45) is 7.83. The molecule has 2 aliphatic rings. The van der Waals surface area contributed by atoms with E-state index >= 15 is 0 Å². The van der Waals surface area contributed by atoms with Gasteiger partial charge in [0, 0.05) is 24.9 Å². The van der Waals surface area contributed by atoms with Gasteiger partial charge in [0.15, 0.2) is 5.82 Å². The molecule has 1 aliphatic carbocycles. The summed E-state index contributed by atoms with van der Waals surface area (Å²) < 4.78 is 5.38. The molecular weight excluding hydrogens is 282 g/mol. The van der Waals surface area contributed by atoms with Gasteiger partial charge in [0.1, 0.15) is 5.82 Å². The van der Waals surface area contributed by atoms with Crippen LogP contribution in [0.1, 0.15) is 54.9 Å². The molecule has 1 unspecified atom stereocenters. The number of aromatic nitrogens is 4. The second-order valence-corrected chi connectivity index (χ2v) is 6.07. The van der Waals surface area contributed by atoms with Crippen LogP contribution in [0.15, 0.2) is 16.9 Å². The van der Waals surface area contributed by atoms with Crippen molar-refractivity contribution in [2.75, 3.05) is 18.0 Å². The van der Waals surface area contributed by atoms with Crippen LogP contribution in [0.5, 0.6) is 0 Å². The fourth-order valence-corrected chi connectivity index (χ4v) is 2.90. The minimum Gasteiger partial charge on any atom is -0.390 e. The van der Waals surface area contributed by atoms with Crippen LogP contribution < -0.4 is 4.90 Å². The van der Waals surface area contributed by atoms with Crippen LogP contribution in [0, 0.1) is 0 Å². The minimum absolute atomic E-state index is 0.0806. The zero-order chi connectivity index (χ0) is 14.9. The average Bonchev–Trinajstić information content (AvgIpc) is 3.32. The molecule has 4 rings (SSSR count). The molecule has 0 aromatic carbocycles. The molecule has 1 saturated heterocycles. The van der Waals surface area contributed by atoms with Crippen molar-refractivity contribution in [1.82, 2.24) is 20.1 Å². The van der Waals surface area contributed by atoms with Gasteiger partial charge in [0.25, 0.3) is 0 Å². The molecule has 2 aromatic rings. The van der Waals surface area contributed by atoms with Gasteiger partial charge in [-0.2, -0.15) is 4.98 Å². The molecule has 1 N–H and O–H groups in total. The number of aliphatic hydroxyl groups is 1. The molecule has 7 nitrogen and oxygen atoms in total. The van der Waals surface area contributed by atoms with E-state index < -0.39 is 0 Å². The van der Waals surface area contributed by atoms with E-state index in [-0.39, 0.29) is 12.5 Å². The first kappa shape index (κ1) is 13.6. The van der Waals surface area contributed by atoms with E-state index in [1.54, 1.807) is 12.4 Å². The predicted octanol–water partition coefficient (Wildman–Crippen LogP) is 1.61. The van der Waals surface area contributed by atoms with Crippen molar-refractivity contribution in [2.45, 2.75) is 44.1 Å². The molecule has 116 valence electrons. The molecule has 2 aromatic heterocycles. The number of piperidine rings is 1. The molecule has 22 heavy (non-hydrogen) atoms. The van der Waals surface area contributed by atoms with E-state index in [2.05, 4.69) is 25.0 Å². The number of anilines is 1. The Morgan fingerprint density at radius 2 is 2.09 bits per heavy atom. The average molecular weight is 301 g/mol. The predicted molar refractivity (Wildman–Crippen MR) is 78.4 cm³/mol. The highest BCUT2D eigenvalue weighted by Crippen LogP contribution is 2.39. The van der Waals surface area contributed by atoms with E-state index in [0.29, 0.717) is 11.6 Å². The molecule has 3 heterocycles. The Morgan fingerprint density at radius 3 is 2.82 bits per heavy atom. The Hall–Kier alpha value is -2.02. The van der Waals surface area contributed by atoms with Crippen molar-refractivity contribution >= 4 is 5.82 Å². The van der Waals surface area contributed by atoms with E-state index in [1.165, 1.54) is 12.8 Å². The lowest BCUT2D eigenvalue weighted by molar-refractivity contribution is 0.276. The molecular formula is C15H19N5O2.